The highest BCUT2D eigenvalue weighted by molar-refractivity contribution is 6.30. The summed E-state index contributed by atoms with van der Waals surface area (Å²) < 4.78 is 19.1. The van der Waals surface area contributed by atoms with Gasteiger partial charge in [0.25, 0.3) is 5.91 Å². The Balaban J connectivity index is 1.42. The van der Waals surface area contributed by atoms with E-state index in [-0.39, 0.29) is 30.8 Å². The number of nitrogens with one attached hydrogen (secondary N) is 1. The van der Waals surface area contributed by atoms with Gasteiger partial charge in [-0.2, -0.15) is 0 Å². The van der Waals surface area contributed by atoms with E-state index in [1.807, 2.05) is 24.3 Å². The topological polar surface area (TPSA) is 58.6 Å². The number of amides is 2. The lowest BCUT2D eigenvalue weighted by molar-refractivity contribution is -0.134. The molecule has 4 rings (SSSR count). The smallest absolute Gasteiger partial charge is 0.260 e. The van der Waals surface area contributed by atoms with E-state index in [4.69, 9.17) is 16.3 Å². The zero-order valence-electron chi connectivity index (χ0n) is 16.6. The number of hydrogen-bond acceptors (Lipinski definition) is 3. The van der Waals surface area contributed by atoms with E-state index in [0.717, 1.165) is 31.2 Å². The predicted octanol–water partition coefficient (Wildman–Crippen LogP) is 3.83. The van der Waals surface area contributed by atoms with E-state index < -0.39 is 5.41 Å². The second kappa shape index (κ2) is 8.64. The summed E-state index contributed by atoms with van der Waals surface area (Å²) in [4.78, 5) is 27.2. The molecule has 158 valence electrons. The number of carbonyl (C=O) groups excluding carboxylic acids is 2. The van der Waals surface area contributed by atoms with Gasteiger partial charge in [0.15, 0.2) is 6.61 Å². The van der Waals surface area contributed by atoms with Gasteiger partial charge in [-0.05, 0) is 48.7 Å². The molecule has 0 spiro atoms. The van der Waals surface area contributed by atoms with Crippen molar-refractivity contribution in [3.05, 3.63) is 64.4 Å². The third-order valence-corrected chi connectivity index (χ3v) is 6.30. The molecular formula is C23H24ClFN2O3. The number of carbonyl (C=O) groups is 2. The summed E-state index contributed by atoms with van der Waals surface area (Å²) in [6.07, 6.45) is 3.59. The molecular weight excluding hydrogens is 407 g/mol. The number of rotatable bonds is 5. The highest BCUT2D eigenvalue weighted by atomic mass is 35.5. The number of ether oxygens (including phenoxy) is 1. The molecule has 0 bridgehead atoms. The lowest BCUT2D eigenvalue weighted by Crippen LogP contribution is -2.46. The fraction of sp³-hybridized carbons (Fsp3) is 0.391. The van der Waals surface area contributed by atoms with Crippen LogP contribution in [-0.2, 0) is 21.5 Å². The maximum absolute atomic E-state index is 13.6. The van der Waals surface area contributed by atoms with Crippen molar-refractivity contribution >= 4 is 23.4 Å². The summed E-state index contributed by atoms with van der Waals surface area (Å²) in [5, 5.41) is 3.67. The van der Waals surface area contributed by atoms with Gasteiger partial charge >= 0.3 is 0 Å². The normalized spacial score (nSPS) is 17.8. The lowest BCUT2D eigenvalue weighted by Gasteiger charge is -2.29. The van der Waals surface area contributed by atoms with Gasteiger partial charge < -0.3 is 15.0 Å². The molecule has 1 aliphatic carbocycles. The van der Waals surface area contributed by atoms with Crippen LogP contribution in [0.25, 0.3) is 0 Å². The minimum absolute atomic E-state index is 0.0210. The van der Waals surface area contributed by atoms with Crippen LogP contribution in [0.2, 0.25) is 5.02 Å². The number of benzene rings is 2. The number of halogens is 2. The maximum Gasteiger partial charge on any atom is 0.260 e. The SMILES string of the molecule is O=C1COc2ccc(F)cc2CN1CCNC(=O)C1(c2ccc(Cl)cc2)CCCC1. The van der Waals surface area contributed by atoms with Crippen molar-refractivity contribution in [2.45, 2.75) is 37.6 Å². The molecule has 2 aromatic carbocycles. The first-order valence-corrected chi connectivity index (χ1v) is 10.6. The van der Waals surface area contributed by atoms with Crippen molar-refractivity contribution in [3.63, 3.8) is 0 Å². The number of nitrogens with zero attached hydrogens (tertiary/aromatic N) is 1. The van der Waals surface area contributed by atoms with Crippen molar-refractivity contribution in [3.8, 4) is 5.75 Å². The van der Waals surface area contributed by atoms with E-state index in [1.165, 1.54) is 12.1 Å². The van der Waals surface area contributed by atoms with Crippen molar-refractivity contribution < 1.29 is 18.7 Å². The molecule has 0 saturated heterocycles. The Kier molecular flexibility index (Phi) is 5.95. The third kappa shape index (κ3) is 4.15. The second-order valence-electron chi connectivity index (χ2n) is 7.91. The van der Waals surface area contributed by atoms with E-state index in [2.05, 4.69) is 5.32 Å². The molecule has 1 saturated carbocycles. The Hall–Kier alpha value is -2.60. The first-order valence-electron chi connectivity index (χ1n) is 10.2. The van der Waals surface area contributed by atoms with Crippen molar-refractivity contribution in [2.75, 3.05) is 19.7 Å². The summed E-state index contributed by atoms with van der Waals surface area (Å²) >= 11 is 6.01. The molecule has 5 nitrogen and oxygen atoms in total. The van der Waals surface area contributed by atoms with Gasteiger partial charge in [0.1, 0.15) is 11.6 Å². The summed E-state index contributed by atoms with van der Waals surface area (Å²) in [6, 6.07) is 11.7. The molecule has 1 fully saturated rings. The Labute approximate surface area is 180 Å². The van der Waals surface area contributed by atoms with Gasteiger partial charge in [-0.15, -0.1) is 0 Å². The average molecular weight is 431 g/mol. The minimum atomic E-state index is -0.549. The molecule has 1 heterocycles. The van der Waals surface area contributed by atoms with Crippen LogP contribution in [0.3, 0.4) is 0 Å². The lowest BCUT2D eigenvalue weighted by atomic mass is 9.78. The van der Waals surface area contributed by atoms with E-state index in [0.29, 0.717) is 29.4 Å². The van der Waals surface area contributed by atoms with E-state index in [1.54, 1.807) is 11.0 Å². The first-order chi connectivity index (χ1) is 14.5. The fourth-order valence-corrected chi connectivity index (χ4v) is 4.53. The third-order valence-electron chi connectivity index (χ3n) is 6.04. The van der Waals surface area contributed by atoms with Gasteiger partial charge in [0.2, 0.25) is 5.91 Å². The van der Waals surface area contributed by atoms with Crippen molar-refractivity contribution in [1.82, 2.24) is 10.2 Å². The zero-order valence-corrected chi connectivity index (χ0v) is 17.4. The summed E-state index contributed by atoms with van der Waals surface area (Å²) in [5.41, 5.74) is 1.05. The monoisotopic (exact) mass is 430 g/mol. The molecule has 0 unspecified atom stereocenters. The molecule has 1 aliphatic heterocycles. The van der Waals surface area contributed by atoms with Gasteiger partial charge in [-0.1, -0.05) is 36.6 Å². The summed E-state index contributed by atoms with van der Waals surface area (Å²) in [6.45, 7) is 0.816. The molecule has 1 N–H and O–H groups in total. The van der Waals surface area contributed by atoms with Crippen LogP contribution in [0.15, 0.2) is 42.5 Å². The predicted molar refractivity (Wildman–Crippen MR) is 112 cm³/mol. The van der Waals surface area contributed by atoms with Crippen LogP contribution >= 0.6 is 11.6 Å². The van der Waals surface area contributed by atoms with Crippen LogP contribution in [-0.4, -0.2) is 36.4 Å². The molecule has 2 amide bonds. The summed E-state index contributed by atoms with van der Waals surface area (Å²) in [7, 11) is 0. The Morgan fingerprint density at radius 2 is 1.90 bits per heavy atom. The first kappa shape index (κ1) is 20.7. The fourth-order valence-electron chi connectivity index (χ4n) is 4.41. The van der Waals surface area contributed by atoms with Crippen LogP contribution in [0.5, 0.6) is 5.75 Å². The van der Waals surface area contributed by atoms with Gasteiger partial charge in [0, 0.05) is 30.2 Å². The van der Waals surface area contributed by atoms with Gasteiger partial charge in [0.05, 0.1) is 5.41 Å². The molecule has 7 heteroatoms. The Morgan fingerprint density at radius 1 is 1.17 bits per heavy atom. The highest BCUT2D eigenvalue weighted by Crippen LogP contribution is 2.41. The standard InChI is InChI=1S/C23H24ClFN2O3/c24-18-5-3-17(4-6-18)23(9-1-2-10-23)22(29)26-11-12-27-14-16-13-19(25)7-8-20(16)30-15-21(27)28/h3-8,13H,1-2,9-12,14-15H2,(H,26,29). The van der Waals surface area contributed by atoms with Crippen LogP contribution in [0, 0.1) is 5.82 Å². The van der Waals surface area contributed by atoms with Crippen LogP contribution in [0.4, 0.5) is 4.39 Å². The van der Waals surface area contributed by atoms with Crippen LogP contribution < -0.4 is 10.1 Å². The molecule has 2 aromatic rings. The van der Waals surface area contributed by atoms with Crippen molar-refractivity contribution in [1.29, 1.82) is 0 Å². The Bertz CT molecular complexity index is 942. The zero-order chi connectivity index (χ0) is 21.1. The van der Waals surface area contributed by atoms with Gasteiger partial charge in [-0.3, -0.25) is 9.59 Å². The molecule has 2 aliphatic rings. The maximum atomic E-state index is 13.6. The molecule has 30 heavy (non-hydrogen) atoms. The number of fused-ring (bicyclic) bond motifs is 1. The largest absolute Gasteiger partial charge is 0.483 e. The molecule has 0 radical (unpaired) electrons. The second-order valence-corrected chi connectivity index (χ2v) is 8.34. The van der Waals surface area contributed by atoms with Gasteiger partial charge in [-0.25, -0.2) is 4.39 Å². The average Bonchev–Trinajstić information content (AvgIpc) is 3.18. The van der Waals surface area contributed by atoms with Crippen LogP contribution in [0.1, 0.15) is 36.8 Å². The van der Waals surface area contributed by atoms with Crippen molar-refractivity contribution in [2.24, 2.45) is 0 Å². The number of hydrogen-bond donors (Lipinski definition) is 1. The quantitative estimate of drug-likeness (QED) is 0.784. The minimum Gasteiger partial charge on any atom is -0.483 e. The molecule has 0 aromatic heterocycles. The van der Waals surface area contributed by atoms with E-state index in [9.17, 15) is 14.0 Å². The Morgan fingerprint density at radius 3 is 2.63 bits per heavy atom. The summed E-state index contributed by atoms with van der Waals surface area (Å²) in [5.74, 6) is -0.0588. The highest BCUT2D eigenvalue weighted by Gasteiger charge is 2.42. The molecule has 0 atom stereocenters. The van der Waals surface area contributed by atoms with E-state index >= 15 is 0 Å².